The first-order valence-corrected chi connectivity index (χ1v) is 8.10. The molecule has 1 heterocycles. The molecule has 0 radical (unpaired) electrons. The topological polar surface area (TPSA) is 23.5 Å². The number of rotatable bonds is 3. The molecule has 1 N–H and O–H groups in total. The van der Waals surface area contributed by atoms with E-state index in [9.17, 15) is 5.11 Å². The van der Waals surface area contributed by atoms with Gasteiger partial charge in [-0.25, -0.2) is 0 Å². The number of nitrogens with zero attached hydrogens (tertiary/aromatic N) is 1. The van der Waals surface area contributed by atoms with Gasteiger partial charge in [0.05, 0.1) is 6.10 Å². The van der Waals surface area contributed by atoms with Crippen molar-refractivity contribution < 1.29 is 5.11 Å². The van der Waals surface area contributed by atoms with Crippen molar-refractivity contribution in [2.24, 2.45) is 11.3 Å². The van der Waals surface area contributed by atoms with Crippen LogP contribution in [0.15, 0.2) is 0 Å². The molecule has 3 atom stereocenters. The summed E-state index contributed by atoms with van der Waals surface area (Å²) in [5.41, 5.74) is 0.138. The van der Waals surface area contributed by atoms with Gasteiger partial charge in [0.2, 0.25) is 0 Å². The molecule has 100 valence electrons. The van der Waals surface area contributed by atoms with Gasteiger partial charge in [0.15, 0.2) is 0 Å². The van der Waals surface area contributed by atoms with Gasteiger partial charge >= 0.3 is 0 Å². The Labute approximate surface area is 110 Å². The van der Waals surface area contributed by atoms with Gasteiger partial charge in [0.25, 0.3) is 0 Å². The molecular formula is C14H27NOS. The number of hydrogen-bond acceptors (Lipinski definition) is 3. The van der Waals surface area contributed by atoms with Crippen LogP contribution in [0.2, 0.25) is 0 Å². The molecule has 0 bridgehead atoms. The van der Waals surface area contributed by atoms with E-state index in [0.29, 0.717) is 5.92 Å². The fraction of sp³-hybridized carbons (Fsp3) is 1.00. The molecule has 2 rings (SSSR count). The summed E-state index contributed by atoms with van der Waals surface area (Å²) in [5.74, 6) is 1.77. The van der Waals surface area contributed by atoms with Crippen LogP contribution in [0.1, 0.15) is 40.0 Å². The van der Waals surface area contributed by atoms with Gasteiger partial charge in [-0.05, 0) is 30.6 Å². The first-order chi connectivity index (χ1) is 8.03. The third-order valence-electron chi connectivity index (χ3n) is 4.58. The maximum Gasteiger partial charge on any atom is 0.0631 e. The lowest BCUT2D eigenvalue weighted by molar-refractivity contribution is 0.0330. The molecule has 0 spiro atoms. The summed E-state index contributed by atoms with van der Waals surface area (Å²) in [5, 5.41) is 11.2. The minimum Gasteiger partial charge on any atom is -0.392 e. The second-order valence-corrected chi connectivity index (χ2v) is 7.80. The summed E-state index contributed by atoms with van der Waals surface area (Å²) < 4.78 is 0. The molecule has 3 unspecified atom stereocenters. The summed E-state index contributed by atoms with van der Waals surface area (Å²) in [6.45, 7) is 10.3. The van der Waals surface area contributed by atoms with Crippen LogP contribution in [0.25, 0.3) is 0 Å². The predicted molar refractivity (Wildman–Crippen MR) is 75.5 cm³/mol. The minimum atomic E-state index is -0.0999. The summed E-state index contributed by atoms with van der Waals surface area (Å²) in [4.78, 5) is 2.58. The van der Waals surface area contributed by atoms with Crippen LogP contribution in [0.5, 0.6) is 0 Å². The SMILES string of the molecule is CCC1CN(CC2CCC(C)(C)C2O)CCS1. The fourth-order valence-corrected chi connectivity index (χ4v) is 4.47. The van der Waals surface area contributed by atoms with E-state index in [-0.39, 0.29) is 11.5 Å². The van der Waals surface area contributed by atoms with Gasteiger partial charge in [0, 0.05) is 30.6 Å². The van der Waals surface area contributed by atoms with Crippen molar-refractivity contribution in [3.8, 4) is 0 Å². The molecule has 0 amide bonds. The Morgan fingerprint density at radius 1 is 1.41 bits per heavy atom. The average molecular weight is 257 g/mol. The van der Waals surface area contributed by atoms with Crippen LogP contribution in [0, 0.1) is 11.3 Å². The molecule has 1 aliphatic heterocycles. The molecule has 1 saturated carbocycles. The Kier molecular flexibility index (Phi) is 4.43. The van der Waals surface area contributed by atoms with Crippen LogP contribution in [-0.2, 0) is 0 Å². The Morgan fingerprint density at radius 3 is 2.76 bits per heavy atom. The second kappa shape index (κ2) is 5.50. The van der Waals surface area contributed by atoms with Gasteiger partial charge in [-0.3, -0.25) is 0 Å². The standard InChI is InChI=1S/C14H27NOS/c1-4-12-10-15(7-8-17-12)9-11-5-6-14(2,3)13(11)16/h11-13,16H,4-10H2,1-3H3. The van der Waals surface area contributed by atoms with E-state index >= 15 is 0 Å². The zero-order chi connectivity index (χ0) is 12.5. The molecule has 0 aromatic carbocycles. The Hall–Kier alpha value is 0.270. The van der Waals surface area contributed by atoms with Gasteiger partial charge in [-0.2, -0.15) is 11.8 Å². The van der Waals surface area contributed by atoms with E-state index in [2.05, 4.69) is 37.4 Å². The number of aliphatic hydroxyl groups excluding tert-OH is 1. The molecule has 1 saturated heterocycles. The Balaban J connectivity index is 1.85. The van der Waals surface area contributed by atoms with Crippen LogP contribution in [0.4, 0.5) is 0 Å². The predicted octanol–water partition coefficient (Wildman–Crippen LogP) is 2.61. The maximum atomic E-state index is 10.3. The van der Waals surface area contributed by atoms with Crippen molar-refractivity contribution in [3.63, 3.8) is 0 Å². The van der Waals surface area contributed by atoms with Gasteiger partial charge in [-0.15, -0.1) is 0 Å². The zero-order valence-corrected chi connectivity index (χ0v) is 12.3. The van der Waals surface area contributed by atoms with E-state index < -0.39 is 0 Å². The average Bonchev–Trinajstić information content (AvgIpc) is 2.57. The monoisotopic (exact) mass is 257 g/mol. The fourth-order valence-electron chi connectivity index (χ4n) is 3.22. The van der Waals surface area contributed by atoms with Gasteiger partial charge in [-0.1, -0.05) is 20.8 Å². The normalized spacial score (nSPS) is 38.5. The molecule has 2 fully saturated rings. The molecule has 2 nitrogen and oxygen atoms in total. The maximum absolute atomic E-state index is 10.3. The number of hydrogen-bond donors (Lipinski definition) is 1. The summed E-state index contributed by atoms with van der Waals surface area (Å²) in [6, 6.07) is 0. The molecule has 0 aromatic heterocycles. The molecular weight excluding hydrogens is 230 g/mol. The van der Waals surface area contributed by atoms with Gasteiger partial charge < -0.3 is 10.0 Å². The first-order valence-electron chi connectivity index (χ1n) is 7.05. The minimum absolute atomic E-state index is 0.0999. The van der Waals surface area contributed by atoms with E-state index in [1.54, 1.807) is 0 Å². The van der Waals surface area contributed by atoms with E-state index in [1.807, 2.05) is 0 Å². The lowest BCUT2D eigenvalue weighted by Crippen LogP contribution is -2.43. The third kappa shape index (κ3) is 3.18. The molecule has 2 aliphatic rings. The largest absolute Gasteiger partial charge is 0.392 e. The van der Waals surface area contributed by atoms with Gasteiger partial charge in [0.1, 0.15) is 0 Å². The highest BCUT2D eigenvalue weighted by atomic mass is 32.2. The van der Waals surface area contributed by atoms with E-state index in [1.165, 1.54) is 38.1 Å². The third-order valence-corrected chi connectivity index (χ3v) is 5.95. The highest BCUT2D eigenvalue weighted by Gasteiger charge is 2.41. The zero-order valence-electron chi connectivity index (χ0n) is 11.5. The van der Waals surface area contributed by atoms with Crippen molar-refractivity contribution in [1.29, 1.82) is 0 Å². The first kappa shape index (κ1) is 13.7. The van der Waals surface area contributed by atoms with Crippen molar-refractivity contribution in [1.82, 2.24) is 4.90 Å². The highest BCUT2D eigenvalue weighted by molar-refractivity contribution is 8.00. The van der Waals surface area contributed by atoms with Crippen molar-refractivity contribution in [2.75, 3.05) is 25.4 Å². The lowest BCUT2D eigenvalue weighted by Gasteiger charge is -2.35. The Morgan fingerprint density at radius 2 is 2.18 bits per heavy atom. The van der Waals surface area contributed by atoms with Crippen molar-refractivity contribution in [3.05, 3.63) is 0 Å². The summed E-state index contributed by atoms with van der Waals surface area (Å²) in [7, 11) is 0. The second-order valence-electron chi connectivity index (χ2n) is 6.39. The van der Waals surface area contributed by atoms with Crippen molar-refractivity contribution >= 4 is 11.8 Å². The lowest BCUT2D eigenvalue weighted by atomic mass is 9.87. The summed E-state index contributed by atoms with van der Waals surface area (Å²) in [6.07, 6.45) is 3.56. The smallest absolute Gasteiger partial charge is 0.0631 e. The van der Waals surface area contributed by atoms with Crippen LogP contribution in [0.3, 0.4) is 0 Å². The molecule has 1 aliphatic carbocycles. The molecule has 17 heavy (non-hydrogen) atoms. The van der Waals surface area contributed by atoms with Crippen LogP contribution >= 0.6 is 11.8 Å². The number of aliphatic hydroxyl groups is 1. The highest BCUT2D eigenvalue weighted by Crippen LogP contribution is 2.41. The van der Waals surface area contributed by atoms with Crippen LogP contribution < -0.4 is 0 Å². The molecule has 3 heteroatoms. The quantitative estimate of drug-likeness (QED) is 0.841. The van der Waals surface area contributed by atoms with E-state index in [4.69, 9.17) is 0 Å². The number of thioether (sulfide) groups is 1. The Bertz CT molecular complexity index is 257. The summed E-state index contributed by atoms with van der Waals surface area (Å²) >= 11 is 2.12. The van der Waals surface area contributed by atoms with E-state index in [0.717, 1.165) is 11.8 Å². The molecule has 0 aromatic rings. The van der Waals surface area contributed by atoms with Crippen LogP contribution in [-0.4, -0.2) is 46.7 Å². The van der Waals surface area contributed by atoms with Crippen molar-refractivity contribution in [2.45, 2.75) is 51.4 Å².